The summed E-state index contributed by atoms with van der Waals surface area (Å²) < 4.78 is 5.84. The predicted octanol–water partition coefficient (Wildman–Crippen LogP) is 3.47. The van der Waals surface area contributed by atoms with E-state index >= 15 is 0 Å². The van der Waals surface area contributed by atoms with E-state index in [4.69, 9.17) is 9.72 Å². The summed E-state index contributed by atoms with van der Waals surface area (Å²) in [6.07, 6.45) is 7.98. The number of rotatable bonds is 6. The molecule has 1 N–H and O–H groups in total. The molecule has 1 aliphatic rings. The number of ether oxygens (including phenoxy) is 1. The minimum absolute atomic E-state index is 0.282. The Morgan fingerprint density at radius 2 is 2.09 bits per heavy atom. The standard InChI is InChI=1S/C18H24N4O/c1-3-14-12-17(21-15(4-2)16-6-5-11-23-16)22-18(20-14)13-7-9-19-10-8-13/h7-10,12,15-16H,3-6,11H2,1-2H3,(H,20,21,22). The maximum Gasteiger partial charge on any atom is 0.161 e. The van der Waals surface area contributed by atoms with Gasteiger partial charge in [0, 0.05) is 36.3 Å². The zero-order chi connectivity index (χ0) is 16.1. The molecule has 1 aliphatic heterocycles. The quantitative estimate of drug-likeness (QED) is 0.885. The van der Waals surface area contributed by atoms with Crippen LogP contribution >= 0.6 is 0 Å². The van der Waals surface area contributed by atoms with Crippen LogP contribution in [-0.2, 0) is 11.2 Å². The molecule has 1 fully saturated rings. The van der Waals surface area contributed by atoms with Crippen molar-refractivity contribution in [2.75, 3.05) is 11.9 Å². The lowest BCUT2D eigenvalue weighted by atomic mass is 10.1. The molecule has 0 radical (unpaired) electrons. The topological polar surface area (TPSA) is 59.9 Å². The third-order valence-electron chi connectivity index (χ3n) is 4.27. The average Bonchev–Trinajstić information content (AvgIpc) is 3.14. The molecule has 5 heteroatoms. The molecule has 0 aromatic carbocycles. The van der Waals surface area contributed by atoms with E-state index in [-0.39, 0.29) is 6.10 Å². The summed E-state index contributed by atoms with van der Waals surface area (Å²) in [5, 5.41) is 3.56. The first-order chi connectivity index (χ1) is 11.3. The largest absolute Gasteiger partial charge is 0.376 e. The van der Waals surface area contributed by atoms with Crippen molar-refractivity contribution >= 4 is 5.82 Å². The van der Waals surface area contributed by atoms with Crippen LogP contribution in [0.1, 0.15) is 38.8 Å². The van der Waals surface area contributed by atoms with Crippen LogP contribution in [0, 0.1) is 0 Å². The Morgan fingerprint density at radius 1 is 1.26 bits per heavy atom. The lowest BCUT2D eigenvalue weighted by molar-refractivity contribution is 0.0942. The van der Waals surface area contributed by atoms with Gasteiger partial charge >= 0.3 is 0 Å². The van der Waals surface area contributed by atoms with Crippen molar-refractivity contribution in [3.05, 3.63) is 36.3 Å². The molecule has 0 aliphatic carbocycles. The first-order valence-electron chi connectivity index (χ1n) is 8.46. The molecule has 2 unspecified atom stereocenters. The van der Waals surface area contributed by atoms with Crippen molar-refractivity contribution < 1.29 is 4.74 Å². The fourth-order valence-corrected chi connectivity index (χ4v) is 2.95. The molecule has 3 rings (SSSR count). The second-order valence-electron chi connectivity index (χ2n) is 5.87. The molecule has 1 saturated heterocycles. The Hall–Kier alpha value is -2.01. The molecule has 5 nitrogen and oxygen atoms in total. The highest BCUT2D eigenvalue weighted by molar-refractivity contribution is 5.57. The summed E-state index contributed by atoms with van der Waals surface area (Å²) >= 11 is 0. The highest BCUT2D eigenvalue weighted by Crippen LogP contribution is 2.23. The first kappa shape index (κ1) is 15.9. The van der Waals surface area contributed by atoms with Gasteiger partial charge in [0.1, 0.15) is 5.82 Å². The molecule has 2 atom stereocenters. The van der Waals surface area contributed by atoms with Gasteiger partial charge in [0.15, 0.2) is 5.82 Å². The smallest absolute Gasteiger partial charge is 0.161 e. The van der Waals surface area contributed by atoms with Crippen LogP contribution < -0.4 is 5.32 Å². The van der Waals surface area contributed by atoms with Crippen molar-refractivity contribution in [3.63, 3.8) is 0 Å². The second-order valence-corrected chi connectivity index (χ2v) is 5.87. The average molecular weight is 312 g/mol. The van der Waals surface area contributed by atoms with Crippen molar-refractivity contribution in [2.24, 2.45) is 0 Å². The number of aromatic nitrogens is 3. The zero-order valence-electron chi connectivity index (χ0n) is 13.8. The maximum absolute atomic E-state index is 5.84. The van der Waals surface area contributed by atoms with Gasteiger partial charge in [0.2, 0.25) is 0 Å². The number of nitrogens with zero attached hydrogens (tertiary/aromatic N) is 3. The zero-order valence-corrected chi connectivity index (χ0v) is 13.8. The number of pyridine rings is 1. The van der Waals surface area contributed by atoms with Gasteiger partial charge in [-0.25, -0.2) is 9.97 Å². The van der Waals surface area contributed by atoms with E-state index in [0.717, 1.165) is 55.2 Å². The first-order valence-corrected chi connectivity index (χ1v) is 8.46. The fraction of sp³-hybridized carbons (Fsp3) is 0.500. The van der Waals surface area contributed by atoms with Crippen LogP contribution in [0.4, 0.5) is 5.82 Å². The molecule has 23 heavy (non-hydrogen) atoms. The van der Waals surface area contributed by atoms with Crippen LogP contribution in [0.2, 0.25) is 0 Å². The fourth-order valence-electron chi connectivity index (χ4n) is 2.95. The minimum atomic E-state index is 0.282. The number of nitrogens with one attached hydrogen (secondary N) is 1. The molecule has 0 amide bonds. The van der Waals surface area contributed by atoms with Gasteiger partial charge in [0.25, 0.3) is 0 Å². The number of aryl methyl sites for hydroxylation is 1. The predicted molar refractivity (Wildman–Crippen MR) is 91.3 cm³/mol. The molecule has 122 valence electrons. The van der Waals surface area contributed by atoms with Crippen LogP contribution in [0.5, 0.6) is 0 Å². The summed E-state index contributed by atoms with van der Waals surface area (Å²) in [4.78, 5) is 13.4. The normalized spacial score (nSPS) is 18.8. The van der Waals surface area contributed by atoms with E-state index in [0.29, 0.717) is 6.04 Å². The molecular formula is C18H24N4O. The number of anilines is 1. The van der Waals surface area contributed by atoms with Crippen molar-refractivity contribution in [1.82, 2.24) is 15.0 Å². The van der Waals surface area contributed by atoms with E-state index < -0.39 is 0 Å². The third-order valence-corrected chi connectivity index (χ3v) is 4.27. The highest BCUT2D eigenvalue weighted by atomic mass is 16.5. The summed E-state index contributed by atoms with van der Waals surface area (Å²) in [6.45, 7) is 5.17. The summed E-state index contributed by atoms with van der Waals surface area (Å²) in [6, 6.07) is 6.22. The molecule has 2 aromatic rings. The Labute approximate surface area is 137 Å². The highest BCUT2D eigenvalue weighted by Gasteiger charge is 2.25. The summed E-state index contributed by atoms with van der Waals surface area (Å²) in [5.74, 6) is 1.63. The Morgan fingerprint density at radius 3 is 2.74 bits per heavy atom. The molecule has 0 saturated carbocycles. The number of hydrogen-bond donors (Lipinski definition) is 1. The third kappa shape index (κ3) is 3.85. The van der Waals surface area contributed by atoms with Crippen molar-refractivity contribution in [3.8, 4) is 11.4 Å². The van der Waals surface area contributed by atoms with Gasteiger partial charge in [-0.2, -0.15) is 0 Å². The van der Waals surface area contributed by atoms with Crippen LogP contribution in [-0.4, -0.2) is 33.7 Å². The van der Waals surface area contributed by atoms with Gasteiger partial charge in [-0.15, -0.1) is 0 Å². The Balaban J connectivity index is 1.86. The van der Waals surface area contributed by atoms with Crippen molar-refractivity contribution in [1.29, 1.82) is 0 Å². The van der Waals surface area contributed by atoms with Crippen molar-refractivity contribution in [2.45, 2.75) is 51.7 Å². The summed E-state index contributed by atoms with van der Waals surface area (Å²) in [7, 11) is 0. The summed E-state index contributed by atoms with van der Waals surface area (Å²) in [5.41, 5.74) is 2.03. The van der Waals surface area contributed by atoms with E-state index in [2.05, 4.69) is 29.1 Å². The van der Waals surface area contributed by atoms with Crippen LogP contribution in [0.25, 0.3) is 11.4 Å². The minimum Gasteiger partial charge on any atom is -0.376 e. The lowest BCUT2D eigenvalue weighted by Crippen LogP contribution is -2.33. The Kier molecular flexibility index (Phi) is 5.18. The van der Waals surface area contributed by atoms with Crippen LogP contribution in [0.3, 0.4) is 0 Å². The molecule has 3 heterocycles. The van der Waals surface area contributed by atoms with E-state index in [1.165, 1.54) is 0 Å². The van der Waals surface area contributed by atoms with Gasteiger partial charge in [-0.1, -0.05) is 13.8 Å². The lowest BCUT2D eigenvalue weighted by Gasteiger charge is -2.23. The molecule has 0 bridgehead atoms. The van der Waals surface area contributed by atoms with Gasteiger partial charge in [-0.05, 0) is 37.8 Å². The van der Waals surface area contributed by atoms with E-state index in [9.17, 15) is 0 Å². The molecular weight excluding hydrogens is 288 g/mol. The van der Waals surface area contributed by atoms with Gasteiger partial charge < -0.3 is 10.1 Å². The number of hydrogen-bond acceptors (Lipinski definition) is 5. The molecule has 0 spiro atoms. The second kappa shape index (κ2) is 7.51. The molecule has 2 aromatic heterocycles. The maximum atomic E-state index is 5.84. The SMILES string of the molecule is CCc1cc(NC(CC)C2CCCO2)nc(-c2ccncc2)n1. The van der Waals surface area contributed by atoms with Gasteiger partial charge in [0.05, 0.1) is 12.1 Å². The van der Waals surface area contributed by atoms with E-state index in [1.54, 1.807) is 12.4 Å². The monoisotopic (exact) mass is 312 g/mol. The van der Waals surface area contributed by atoms with Gasteiger partial charge in [-0.3, -0.25) is 4.98 Å². The van der Waals surface area contributed by atoms with Crippen LogP contribution in [0.15, 0.2) is 30.6 Å². The Bertz CT molecular complexity index is 626. The van der Waals surface area contributed by atoms with E-state index in [1.807, 2.05) is 18.2 Å².